The van der Waals surface area contributed by atoms with Crippen molar-refractivity contribution in [3.63, 3.8) is 0 Å². The first-order valence-corrected chi connectivity index (χ1v) is 4.35. The van der Waals surface area contributed by atoms with Gasteiger partial charge in [0.1, 0.15) is 11.6 Å². The summed E-state index contributed by atoms with van der Waals surface area (Å²) >= 11 is 0. The molecule has 1 unspecified atom stereocenters. The highest BCUT2D eigenvalue weighted by Crippen LogP contribution is 2.20. The van der Waals surface area contributed by atoms with Crippen molar-refractivity contribution in [3.8, 4) is 0 Å². The maximum absolute atomic E-state index is 13.3. The molecule has 0 saturated heterocycles. The Bertz CT molecular complexity index is 398. The van der Waals surface area contributed by atoms with Gasteiger partial charge in [-0.25, -0.2) is 4.39 Å². The van der Waals surface area contributed by atoms with Crippen LogP contribution in [0.1, 0.15) is 11.6 Å². The van der Waals surface area contributed by atoms with Crippen LogP contribution in [0, 0.1) is 5.82 Å². The Morgan fingerprint density at radius 2 is 2.07 bits per heavy atom. The minimum Gasteiger partial charge on any atom is -0.506 e. The summed E-state index contributed by atoms with van der Waals surface area (Å²) in [5.41, 5.74) is 0.576. The van der Waals surface area contributed by atoms with E-state index in [4.69, 9.17) is 5.11 Å². The highest BCUT2D eigenvalue weighted by atomic mass is 19.1. The van der Waals surface area contributed by atoms with Crippen LogP contribution in [0.3, 0.4) is 0 Å². The summed E-state index contributed by atoms with van der Waals surface area (Å²) in [5.74, 6) is -0.0953. The number of aliphatic hydroxyl groups is 1. The van der Waals surface area contributed by atoms with Crippen LogP contribution in [0.5, 0.6) is 0 Å². The molecule has 0 amide bonds. The van der Waals surface area contributed by atoms with Crippen molar-refractivity contribution in [2.24, 2.45) is 0 Å². The van der Waals surface area contributed by atoms with Gasteiger partial charge in [0.05, 0.1) is 6.04 Å². The van der Waals surface area contributed by atoms with Crippen LogP contribution < -0.4 is 5.32 Å². The first-order chi connectivity index (χ1) is 6.77. The first kappa shape index (κ1) is 8.81. The highest BCUT2D eigenvalue weighted by Gasteiger charge is 2.12. The lowest BCUT2D eigenvalue weighted by Gasteiger charge is -2.17. The van der Waals surface area contributed by atoms with Crippen LogP contribution in [0.15, 0.2) is 48.4 Å². The SMILES string of the molecule is OC1=CNC(c2ccccc2F)C=C1. The second kappa shape index (κ2) is 3.54. The molecular weight excluding hydrogens is 181 g/mol. The lowest BCUT2D eigenvalue weighted by atomic mass is 10.0. The standard InChI is InChI=1S/C11H10FNO/c12-10-4-2-1-3-9(10)11-6-5-8(14)7-13-11/h1-7,11,13-14H. The number of halogens is 1. The van der Waals surface area contributed by atoms with Crippen molar-refractivity contribution in [2.45, 2.75) is 6.04 Å². The van der Waals surface area contributed by atoms with Crippen LogP contribution >= 0.6 is 0 Å². The zero-order chi connectivity index (χ0) is 9.97. The van der Waals surface area contributed by atoms with E-state index in [1.54, 1.807) is 30.4 Å². The van der Waals surface area contributed by atoms with E-state index in [1.165, 1.54) is 12.3 Å². The van der Waals surface area contributed by atoms with Gasteiger partial charge in [-0.3, -0.25) is 0 Å². The summed E-state index contributed by atoms with van der Waals surface area (Å²) in [6, 6.07) is 6.37. The number of aliphatic hydroxyl groups excluding tert-OH is 1. The number of benzene rings is 1. The fraction of sp³-hybridized carbons (Fsp3) is 0.0909. The Labute approximate surface area is 81.4 Å². The van der Waals surface area contributed by atoms with Crippen molar-refractivity contribution in [2.75, 3.05) is 0 Å². The van der Waals surface area contributed by atoms with E-state index < -0.39 is 0 Å². The topological polar surface area (TPSA) is 32.3 Å². The predicted molar refractivity (Wildman–Crippen MR) is 52.1 cm³/mol. The summed E-state index contributed by atoms with van der Waals surface area (Å²) in [4.78, 5) is 0. The molecule has 72 valence electrons. The molecular formula is C11H10FNO. The van der Waals surface area contributed by atoms with Crippen molar-refractivity contribution in [1.82, 2.24) is 5.32 Å². The monoisotopic (exact) mass is 191 g/mol. The third-order valence-electron chi connectivity index (χ3n) is 2.11. The molecule has 1 heterocycles. The van der Waals surface area contributed by atoms with Gasteiger partial charge in [-0.15, -0.1) is 0 Å². The van der Waals surface area contributed by atoms with Gasteiger partial charge < -0.3 is 10.4 Å². The molecule has 2 nitrogen and oxygen atoms in total. The van der Waals surface area contributed by atoms with Gasteiger partial charge >= 0.3 is 0 Å². The molecule has 2 rings (SSSR count). The van der Waals surface area contributed by atoms with Crippen LogP contribution in [0.4, 0.5) is 4.39 Å². The van der Waals surface area contributed by atoms with Crippen molar-refractivity contribution < 1.29 is 9.50 Å². The molecule has 1 aromatic carbocycles. The summed E-state index contributed by atoms with van der Waals surface area (Å²) in [5, 5.41) is 11.9. The van der Waals surface area contributed by atoms with Gasteiger partial charge in [0.25, 0.3) is 0 Å². The quantitative estimate of drug-likeness (QED) is 0.714. The number of allylic oxidation sites excluding steroid dienone is 1. The predicted octanol–water partition coefficient (Wildman–Crippen LogP) is 2.43. The molecule has 1 aromatic rings. The highest BCUT2D eigenvalue weighted by molar-refractivity contribution is 5.29. The summed E-state index contributed by atoms with van der Waals surface area (Å²) in [7, 11) is 0. The number of nitrogens with one attached hydrogen (secondary N) is 1. The summed E-state index contributed by atoms with van der Waals surface area (Å²) < 4.78 is 13.3. The van der Waals surface area contributed by atoms with E-state index in [-0.39, 0.29) is 17.6 Å². The molecule has 0 aliphatic carbocycles. The zero-order valence-corrected chi connectivity index (χ0v) is 7.44. The summed E-state index contributed by atoms with van der Waals surface area (Å²) in [6.07, 6.45) is 4.72. The molecule has 0 fully saturated rings. The fourth-order valence-electron chi connectivity index (χ4n) is 1.39. The minimum atomic E-state index is -0.246. The van der Waals surface area contributed by atoms with Gasteiger partial charge in [0.15, 0.2) is 0 Å². The van der Waals surface area contributed by atoms with Crippen LogP contribution in [0.25, 0.3) is 0 Å². The molecule has 1 aliphatic heterocycles. The molecule has 0 bridgehead atoms. The van der Waals surface area contributed by atoms with Crippen LogP contribution in [0.2, 0.25) is 0 Å². The smallest absolute Gasteiger partial charge is 0.130 e. The minimum absolute atomic E-state index is 0.151. The zero-order valence-electron chi connectivity index (χ0n) is 7.44. The Morgan fingerprint density at radius 3 is 2.71 bits per heavy atom. The summed E-state index contributed by atoms with van der Waals surface area (Å²) in [6.45, 7) is 0. The Hall–Kier alpha value is -1.77. The molecule has 0 radical (unpaired) electrons. The van der Waals surface area contributed by atoms with Crippen molar-refractivity contribution in [3.05, 3.63) is 59.8 Å². The van der Waals surface area contributed by atoms with Gasteiger partial charge in [0, 0.05) is 11.8 Å². The molecule has 14 heavy (non-hydrogen) atoms. The lowest BCUT2D eigenvalue weighted by Crippen LogP contribution is -2.17. The molecule has 2 N–H and O–H groups in total. The van der Waals surface area contributed by atoms with Crippen molar-refractivity contribution in [1.29, 1.82) is 0 Å². The number of hydrogen-bond donors (Lipinski definition) is 2. The Balaban J connectivity index is 2.26. The molecule has 0 aromatic heterocycles. The van der Waals surface area contributed by atoms with Gasteiger partial charge in [-0.2, -0.15) is 0 Å². The van der Waals surface area contributed by atoms with E-state index >= 15 is 0 Å². The van der Waals surface area contributed by atoms with E-state index in [2.05, 4.69) is 5.32 Å². The Morgan fingerprint density at radius 1 is 1.29 bits per heavy atom. The van der Waals surface area contributed by atoms with Gasteiger partial charge in [-0.1, -0.05) is 24.3 Å². The fourth-order valence-corrected chi connectivity index (χ4v) is 1.39. The molecule has 0 spiro atoms. The largest absolute Gasteiger partial charge is 0.506 e. The van der Waals surface area contributed by atoms with Crippen LogP contribution in [-0.4, -0.2) is 5.11 Å². The molecule has 0 saturated carbocycles. The van der Waals surface area contributed by atoms with Crippen molar-refractivity contribution >= 4 is 0 Å². The lowest BCUT2D eigenvalue weighted by molar-refractivity contribution is 0.420. The maximum atomic E-state index is 13.3. The average Bonchev–Trinajstić information content (AvgIpc) is 2.20. The third-order valence-corrected chi connectivity index (χ3v) is 2.11. The number of rotatable bonds is 1. The van der Waals surface area contributed by atoms with E-state index in [0.717, 1.165) is 0 Å². The number of dihydropyridines is 1. The van der Waals surface area contributed by atoms with Gasteiger partial charge in [0.2, 0.25) is 0 Å². The average molecular weight is 191 g/mol. The second-order valence-electron chi connectivity index (χ2n) is 3.09. The van der Waals surface area contributed by atoms with Gasteiger partial charge in [-0.05, 0) is 12.1 Å². The third kappa shape index (κ3) is 1.62. The first-order valence-electron chi connectivity index (χ1n) is 4.35. The molecule has 3 heteroatoms. The van der Waals surface area contributed by atoms with E-state index in [1.807, 2.05) is 0 Å². The van der Waals surface area contributed by atoms with E-state index in [0.29, 0.717) is 5.56 Å². The normalized spacial score (nSPS) is 20.1. The second-order valence-corrected chi connectivity index (χ2v) is 3.09. The maximum Gasteiger partial charge on any atom is 0.130 e. The number of hydrogen-bond acceptors (Lipinski definition) is 2. The Kier molecular flexibility index (Phi) is 2.23. The van der Waals surface area contributed by atoms with Crippen LogP contribution in [-0.2, 0) is 0 Å². The molecule has 1 atom stereocenters. The van der Waals surface area contributed by atoms with E-state index in [9.17, 15) is 4.39 Å². The molecule has 1 aliphatic rings.